The van der Waals surface area contributed by atoms with Crippen LogP contribution in [-0.4, -0.2) is 26.2 Å². The highest BCUT2D eigenvalue weighted by molar-refractivity contribution is 7.99. The summed E-state index contributed by atoms with van der Waals surface area (Å²) in [5.41, 5.74) is 3.36. The zero-order valence-corrected chi connectivity index (χ0v) is 16.6. The number of aryl methyl sites for hydroxylation is 2. The molecule has 8 heteroatoms. The van der Waals surface area contributed by atoms with Crippen LogP contribution in [0.5, 0.6) is 0 Å². The molecule has 1 aromatic carbocycles. The number of benzene rings is 1. The third kappa shape index (κ3) is 3.85. The Kier molecular flexibility index (Phi) is 5.55. The first-order chi connectivity index (χ1) is 12.9. The molecule has 0 aliphatic rings. The van der Waals surface area contributed by atoms with Gasteiger partial charge in [-0.15, -0.1) is 11.8 Å². The summed E-state index contributed by atoms with van der Waals surface area (Å²) in [6, 6.07) is 9.34. The van der Waals surface area contributed by atoms with Crippen LogP contribution in [0.1, 0.15) is 22.7 Å². The molecule has 1 amide bonds. The van der Waals surface area contributed by atoms with Crippen molar-refractivity contribution >= 4 is 23.4 Å². The molecule has 0 fully saturated rings. The monoisotopic (exact) mass is 386 g/mol. The smallest absolute Gasteiger partial charge is 0.295 e. The minimum atomic E-state index is -0.245. The number of para-hydroxylation sites is 1. The second-order valence-electron chi connectivity index (χ2n) is 6.28. The van der Waals surface area contributed by atoms with Gasteiger partial charge in [-0.2, -0.15) is 0 Å². The molecule has 2 heterocycles. The third-order valence-electron chi connectivity index (χ3n) is 4.48. The number of rotatable bonds is 6. The lowest BCUT2D eigenvalue weighted by Crippen LogP contribution is -2.23. The van der Waals surface area contributed by atoms with E-state index in [1.54, 1.807) is 16.4 Å². The first kappa shape index (κ1) is 19.0. The van der Waals surface area contributed by atoms with Crippen molar-refractivity contribution in [2.75, 3.05) is 11.1 Å². The normalized spacial score (nSPS) is 11.0. The van der Waals surface area contributed by atoms with Gasteiger partial charge >= 0.3 is 0 Å². The largest absolute Gasteiger partial charge is 0.361 e. The lowest BCUT2D eigenvalue weighted by Gasteiger charge is -2.07. The number of nitrogens with one attached hydrogen (secondary N) is 1. The van der Waals surface area contributed by atoms with Crippen molar-refractivity contribution in [1.82, 2.24) is 14.5 Å². The average molecular weight is 386 g/mol. The lowest BCUT2D eigenvalue weighted by molar-refractivity contribution is -0.113. The minimum absolute atomic E-state index is 0.210. The Morgan fingerprint density at radius 2 is 1.93 bits per heavy atom. The Morgan fingerprint density at radius 3 is 2.56 bits per heavy atom. The Hall–Kier alpha value is -2.74. The van der Waals surface area contributed by atoms with E-state index in [0.717, 1.165) is 22.7 Å². The van der Waals surface area contributed by atoms with Gasteiger partial charge in [0, 0.05) is 18.4 Å². The molecule has 142 valence electrons. The number of carbonyl (C=O) groups excluding carboxylic acids is 1. The molecule has 3 rings (SSSR count). The second-order valence-corrected chi connectivity index (χ2v) is 7.27. The van der Waals surface area contributed by atoms with Gasteiger partial charge in [0.1, 0.15) is 11.4 Å². The SMILES string of the molecule is Cc1noc(C)c1CSCC(=O)Nc1c(C)n(C)n(-c2ccccc2)c1=O. The molecule has 0 atom stereocenters. The van der Waals surface area contributed by atoms with E-state index in [0.29, 0.717) is 17.1 Å². The van der Waals surface area contributed by atoms with Gasteiger partial charge in [0.15, 0.2) is 0 Å². The molecule has 0 saturated heterocycles. The van der Waals surface area contributed by atoms with Crippen LogP contribution in [0.4, 0.5) is 5.69 Å². The summed E-state index contributed by atoms with van der Waals surface area (Å²) in [6.07, 6.45) is 0. The molecule has 0 radical (unpaired) electrons. The number of carbonyl (C=O) groups is 1. The van der Waals surface area contributed by atoms with Gasteiger partial charge in [0.2, 0.25) is 5.91 Å². The topological polar surface area (TPSA) is 82.1 Å². The molecular weight excluding hydrogens is 364 g/mol. The molecule has 0 unspecified atom stereocenters. The predicted octanol–water partition coefficient (Wildman–Crippen LogP) is 2.96. The average Bonchev–Trinajstić information content (AvgIpc) is 3.08. The number of amides is 1. The van der Waals surface area contributed by atoms with Crippen LogP contribution in [0.25, 0.3) is 5.69 Å². The molecule has 0 saturated carbocycles. The summed E-state index contributed by atoms with van der Waals surface area (Å²) in [6.45, 7) is 5.55. The zero-order valence-electron chi connectivity index (χ0n) is 15.8. The molecule has 0 bridgehead atoms. The Morgan fingerprint density at radius 1 is 1.22 bits per heavy atom. The first-order valence-corrected chi connectivity index (χ1v) is 9.69. The van der Waals surface area contributed by atoms with Gasteiger partial charge < -0.3 is 9.84 Å². The molecule has 0 aliphatic heterocycles. The first-order valence-electron chi connectivity index (χ1n) is 8.53. The predicted molar refractivity (Wildman–Crippen MR) is 107 cm³/mol. The van der Waals surface area contributed by atoms with Crippen molar-refractivity contribution in [3.8, 4) is 5.69 Å². The fourth-order valence-electron chi connectivity index (χ4n) is 2.84. The van der Waals surface area contributed by atoms with Gasteiger partial charge in [-0.25, -0.2) is 4.68 Å². The molecule has 7 nitrogen and oxygen atoms in total. The van der Waals surface area contributed by atoms with Gasteiger partial charge in [-0.3, -0.25) is 14.3 Å². The van der Waals surface area contributed by atoms with E-state index in [1.807, 2.05) is 51.1 Å². The molecular formula is C19H22N4O3S. The van der Waals surface area contributed by atoms with Crippen molar-refractivity contribution in [3.05, 3.63) is 63.4 Å². The Labute approximate surface area is 161 Å². The van der Waals surface area contributed by atoms with Crippen molar-refractivity contribution in [2.45, 2.75) is 26.5 Å². The maximum atomic E-state index is 12.8. The highest BCUT2D eigenvalue weighted by Gasteiger charge is 2.18. The number of nitrogens with zero attached hydrogens (tertiary/aromatic N) is 3. The van der Waals surface area contributed by atoms with Crippen LogP contribution >= 0.6 is 11.8 Å². The van der Waals surface area contributed by atoms with Crippen LogP contribution in [-0.2, 0) is 17.6 Å². The second kappa shape index (κ2) is 7.87. The van der Waals surface area contributed by atoms with E-state index in [4.69, 9.17) is 4.52 Å². The van der Waals surface area contributed by atoms with Crippen LogP contribution in [0.2, 0.25) is 0 Å². The quantitative estimate of drug-likeness (QED) is 0.704. The summed E-state index contributed by atoms with van der Waals surface area (Å²) in [4.78, 5) is 25.1. The molecule has 0 aliphatic carbocycles. The Balaban J connectivity index is 1.70. The summed E-state index contributed by atoms with van der Waals surface area (Å²) in [5.74, 6) is 1.43. The lowest BCUT2D eigenvalue weighted by atomic mass is 10.2. The molecule has 2 aromatic heterocycles. The van der Waals surface area contributed by atoms with Gasteiger partial charge in [-0.1, -0.05) is 23.4 Å². The fourth-order valence-corrected chi connectivity index (χ4v) is 3.82. The van der Waals surface area contributed by atoms with Crippen molar-refractivity contribution < 1.29 is 9.32 Å². The van der Waals surface area contributed by atoms with E-state index in [-0.39, 0.29) is 17.2 Å². The molecule has 1 N–H and O–H groups in total. The maximum absolute atomic E-state index is 12.8. The van der Waals surface area contributed by atoms with Gasteiger partial charge in [0.05, 0.1) is 22.8 Å². The highest BCUT2D eigenvalue weighted by atomic mass is 32.2. The van der Waals surface area contributed by atoms with E-state index < -0.39 is 0 Å². The minimum Gasteiger partial charge on any atom is -0.361 e. The summed E-state index contributed by atoms with van der Waals surface area (Å²) >= 11 is 1.46. The van der Waals surface area contributed by atoms with E-state index in [9.17, 15) is 9.59 Å². The van der Waals surface area contributed by atoms with Crippen LogP contribution < -0.4 is 10.9 Å². The number of hydrogen-bond donors (Lipinski definition) is 1. The van der Waals surface area contributed by atoms with E-state index in [1.165, 1.54) is 11.8 Å². The van der Waals surface area contributed by atoms with Crippen LogP contribution in [0.15, 0.2) is 39.6 Å². The number of hydrogen-bond acceptors (Lipinski definition) is 5. The molecule has 3 aromatic rings. The van der Waals surface area contributed by atoms with Crippen molar-refractivity contribution in [3.63, 3.8) is 0 Å². The maximum Gasteiger partial charge on any atom is 0.295 e. The number of anilines is 1. The van der Waals surface area contributed by atoms with E-state index >= 15 is 0 Å². The number of aromatic nitrogens is 3. The summed E-state index contributed by atoms with van der Waals surface area (Å²) in [7, 11) is 1.80. The zero-order chi connectivity index (χ0) is 19.6. The van der Waals surface area contributed by atoms with Crippen LogP contribution in [0.3, 0.4) is 0 Å². The van der Waals surface area contributed by atoms with Crippen LogP contribution in [0, 0.1) is 20.8 Å². The number of thioether (sulfide) groups is 1. The summed E-state index contributed by atoms with van der Waals surface area (Å²) < 4.78 is 8.41. The molecule has 27 heavy (non-hydrogen) atoms. The standard InChI is InChI=1S/C19H22N4O3S/c1-12-16(14(3)26-21-12)10-27-11-17(24)20-18-13(2)22(4)23(19(18)25)15-8-6-5-7-9-15/h5-9H,10-11H2,1-4H3,(H,20,24). The van der Waals surface area contributed by atoms with E-state index in [2.05, 4.69) is 10.5 Å². The van der Waals surface area contributed by atoms with Gasteiger partial charge in [0.25, 0.3) is 5.56 Å². The summed E-state index contributed by atoms with van der Waals surface area (Å²) in [5, 5.41) is 6.68. The Bertz CT molecular complexity index is 998. The van der Waals surface area contributed by atoms with Gasteiger partial charge in [-0.05, 0) is 32.9 Å². The third-order valence-corrected chi connectivity index (χ3v) is 5.44. The van der Waals surface area contributed by atoms with Crippen molar-refractivity contribution in [2.24, 2.45) is 7.05 Å². The molecule has 0 spiro atoms. The van der Waals surface area contributed by atoms with Crippen molar-refractivity contribution in [1.29, 1.82) is 0 Å². The highest BCUT2D eigenvalue weighted by Crippen LogP contribution is 2.20. The fraction of sp³-hybridized carbons (Fsp3) is 0.316.